The van der Waals surface area contributed by atoms with Gasteiger partial charge in [0.15, 0.2) is 0 Å². The number of amides is 1. The summed E-state index contributed by atoms with van der Waals surface area (Å²) in [6, 6.07) is 0. The lowest BCUT2D eigenvalue weighted by Crippen LogP contribution is -2.28. The van der Waals surface area contributed by atoms with Crippen molar-refractivity contribution in [1.29, 1.82) is 0 Å². The van der Waals surface area contributed by atoms with Gasteiger partial charge in [-0.2, -0.15) is 0 Å². The highest BCUT2D eigenvalue weighted by atomic mass is 16.2. The lowest BCUT2D eigenvalue weighted by molar-refractivity contribution is -0.125. The zero-order valence-corrected chi connectivity index (χ0v) is 6.85. The van der Waals surface area contributed by atoms with Crippen LogP contribution in [0.15, 0.2) is 6.08 Å². The second-order valence-corrected chi connectivity index (χ2v) is 1.94. The molecule has 0 aromatic carbocycles. The molecule has 0 aromatic heterocycles. The predicted molar refractivity (Wildman–Crippen MR) is 41.4 cm³/mol. The Hall–Kier alpha value is -0.790. The first kappa shape index (κ1) is 9.21. The summed E-state index contributed by atoms with van der Waals surface area (Å²) in [6.07, 6.45) is 4.17. The van der Waals surface area contributed by atoms with E-state index in [0.717, 1.165) is 13.1 Å². The number of likely N-dealkylation sites (N-methyl/N-ethyl adjacent to an activating group) is 1. The minimum Gasteiger partial charge on any atom is -0.340 e. The number of hydrogen-bond acceptors (Lipinski definition) is 1. The average molecular weight is 140 g/mol. The molecule has 0 aliphatic heterocycles. The summed E-state index contributed by atoms with van der Waals surface area (Å²) in [4.78, 5) is 12.8. The summed E-state index contributed by atoms with van der Waals surface area (Å²) < 4.78 is 0. The van der Waals surface area contributed by atoms with Crippen LogP contribution in [0.1, 0.15) is 20.8 Å². The third kappa shape index (κ3) is 2.67. The van der Waals surface area contributed by atoms with Crippen molar-refractivity contribution in [2.45, 2.75) is 20.8 Å². The molecule has 0 bridgehead atoms. The van der Waals surface area contributed by atoms with Crippen molar-refractivity contribution in [2.75, 3.05) is 13.1 Å². The maximum Gasteiger partial charge on any atom is 0.246 e. The summed E-state index contributed by atoms with van der Waals surface area (Å²) in [5.74, 6) is 0.0486. The molecule has 0 aliphatic carbocycles. The number of carbonyl (C=O) groups is 1. The molecule has 0 spiro atoms. The molecule has 0 saturated heterocycles. The van der Waals surface area contributed by atoms with Gasteiger partial charge in [-0.05, 0) is 26.8 Å². The first-order valence-electron chi connectivity index (χ1n) is 3.55. The van der Waals surface area contributed by atoms with E-state index in [1.54, 1.807) is 11.8 Å². The van der Waals surface area contributed by atoms with Crippen molar-refractivity contribution in [2.24, 2.45) is 0 Å². The van der Waals surface area contributed by atoms with Crippen LogP contribution in [0, 0.1) is 6.08 Å². The molecule has 1 radical (unpaired) electrons. The summed E-state index contributed by atoms with van der Waals surface area (Å²) in [6.45, 7) is 7.19. The smallest absolute Gasteiger partial charge is 0.246 e. The Labute approximate surface area is 62.5 Å². The number of hydrogen-bond donors (Lipinski definition) is 0. The highest BCUT2D eigenvalue weighted by molar-refractivity contribution is 5.86. The highest BCUT2D eigenvalue weighted by Crippen LogP contribution is 1.88. The average Bonchev–Trinajstić information content (AvgIpc) is 1.91. The molecule has 0 fully saturated rings. The molecule has 10 heavy (non-hydrogen) atoms. The molecule has 0 N–H and O–H groups in total. The van der Waals surface area contributed by atoms with Gasteiger partial charge >= 0.3 is 0 Å². The Morgan fingerprint density at radius 3 is 2.30 bits per heavy atom. The largest absolute Gasteiger partial charge is 0.340 e. The van der Waals surface area contributed by atoms with Gasteiger partial charge in [0, 0.05) is 19.2 Å². The molecular formula is C8H14NO. The van der Waals surface area contributed by atoms with E-state index >= 15 is 0 Å². The molecule has 0 aromatic rings. The third-order valence-electron chi connectivity index (χ3n) is 1.34. The van der Waals surface area contributed by atoms with Crippen LogP contribution in [-0.2, 0) is 4.79 Å². The topological polar surface area (TPSA) is 20.3 Å². The van der Waals surface area contributed by atoms with Crippen molar-refractivity contribution < 1.29 is 4.79 Å². The predicted octanol–water partition coefficient (Wildman–Crippen LogP) is 1.23. The normalized spacial score (nSPS) is 10.3. The lowest BCUT2D eigenvalue weighted by atomic mass is 10.4. The van der Waals surface area contributed by atoms with Crippen molar-refractivity contribution >= 4 is 5.91 Å². The van der Waals surface area contributed by atoms with Gasteiger partial charge in [-0.1, -0.05) is 0 Å². The van der Waals surface area contributed by atoms with Gasteiger partial charge in [-0.25, -0.2) is 0 Å². The van der Waals surface area contributed by atoms with Crippen LogP contribution in [-0.4, -0.2) is 23.9 Å². The van der Waals surface area contributed by atoms with E-state index in [4.69, 9.17) is 0 Å². The maximum absolute atomic E-state index is 11.0. The van der Waals surface area contributed by atoms with E-state index in [1.165, 1.54) is 6.08 Å². The molecule has 0 heterocycles. The zero-order chi connectivity index (χ0) is 7.98. The summed E-state index contributed by atoms with van der Waals surface area (Å²) >= 11 is 0. The van der Waals surface area contributed by atoms with Crippen LogP contribution in [0.3, 0.4) is 0 Å². The van der Waals surface area contributed by atoms with Crippen LogP contribution < -0.4 is 0 Å². The monoisotopic (exact) mass is 140 g/mol. The number of carbonyl (C=O) groups excluding carboxylic acids is 1. The molecule has 0 saturated carbocycles. The second kappa shape index (κ2) is 5.03. The number of allylic oxidation sites excluding steroid dienone is 1. The van der Waals surface area contributed by atoms with E-state index in [2.05, 4.69) is 6.08 Å². The maximum atomic E-state index is 11.0. The fourth-order valence-electron chi connectivity index (χ4n) is 0.750. The summed E-state index contributed by atoms with van der Waals surface area (Å²) in [5.41, 5.74) is 0. The quantitative estimate of drug-likeness (QED) is 0.540. The minimum atomic E-state index is 0.0486. The third-order valence-corrected chi connectivity index (χ3v) is 1.34. The zero-order valence-electron chi connectivity index (χ0n) is 6.85. The van der Waals surface area contributed by atoms with Crippen LogP contribution in [0.4, 0.5) is 0 Å². The molecule has 2 heteroatoms. The molecule has 1 amide bonds. The fraction of sp³-hybridized carbons (Fsp3) is 0.625. The highest BCUT2D eigenvalue weighted by Gasteiger charge is 2.02. The van der Waals surface area contributed by atoms with Crippen LogP contribution in [0.2, 0.25) is 0 Å². The standard InChI is InChI=1S/C8H14NO/c1-4-7-8(10)9(5-2)6-3/h7H,5-6H2,1-3H3. The Morgan fingerprint density at radius 1 is 1.50 bits per heavy atom. The Kier molecular flexibility index (Phi) is 4.63. The van der Waals surface area contributed by atoms with E-state index < -0.39 is 0 Å². The van der Waals surface area contributed by atoms with Crippen molar-refractivity contribution in [3.8, 4) is 0 Å². The fourth-order valence-corrected chi connectivity index (χ4v) is 0.750. The summed E-state index contributed by atoms with van der Waals surface area (Å²) in [5, 5.41) is 0. The number of nitrogens with zero attached hydrogens (tertiary/aromatic N) is 1. The van der Waals surface area contributed by atoms with Gasteiger partial charge in [0.05, 0.1) is 0 Å². The Bertz CT molecular complexity index is 125. The Balaban J connectivity index is 3.89. The van der Waals surface area contributed by atoms with Crippen molar-refractivity contribution in [3.63, 3.8) is 0 Å². The SMILES string of the molecule is C/[C]=C\C(=O)N(CC)CC. The lowest BCUT2D eigenvalue weighted by Gasteiger charge is -2.15. The van der Waals surface area contributed by atoms with Gasteiger partial charge < -0.3 is 4.90 Å². The van der Waals surface area contributed by atoms with Crippen LogP contribution in [0.5, 0.6) is 0 Å². The molecule has 0 aliphatic rings. The first-order chi connectivity index (χ1) is 4.76. The van der Waals surface area contributed by atoms with Gasteiger partial charge in [0.2, 0.25) is 5.91 Å². The van der Waals surface area contributed by atoms with E-state index in [9.17, 15) is 4.79 Å². The van der Waals surface area contributed by atoms with Gasteiger partial charge in [0.1, 0.15) is 0 Å². The van der Waals surface area contributed by atoms with E-state index in [1.807, 2.05) is 13.8 Å². The molecule has 57 valence electrons. The molecule has 0 unspecified atom stereocenters. The number of rotatable bonds is 3. The van der Waals surface area contributed by atoms with Crippen molar-refractivity contribution in [1.82, 2.24) is 4.90 Å². The molecule has 0 atom stereocenters. The van der Waals surface area contributed by atoms with Crippen LogP contribution >= 0.6 is 0 Å². The van der Waals surface area contributed by atoms with Crippen molar-refractivity contribution in [3.05, 3.63) is 12.2 Å². The van der Waals surface area contributed by atoms with Crippen LogP contribution in [0.25, 0.3) is 0 Å². The van der Waals surface area contributed by atoms with E-state index in [-0.39, 0.29) is 5.91 Å². The Morgan fingerprint density at radius 2 is 2.00 bits per heavy atom. The van der Waals surface area contributed by atoms with Gasteiger partial charge in [-0.3, -0.25) is 4.79 Å². The molecule has 2 nitrogen and oxygen atoms in total. The van der Waals surface area contributed by atoms with Gasteiger partial charge in [-0.15, -0.1) is 0 Å². The second-order valence-electron chi connectivity index (χ2n) is 1.94. The minimum absolute atomic E-state index is 0.0486. The van der Waals surface area contributed by atoms with Gasteiger partial charge in [0.25, 0.3) is 0 Å². The first-order valence-corrected chi connectivity index (χ1v) is 3.55. The van der Waals surface area contributed by atoms with E-state index in [0.29, 0.717) is 0 Å². The molecule has 0 rings (SSSR count). The summed E-state index contributed by atoms with van der Waals surface area (Å²) in [7, 11) is 0. The molecular weight excluding hydrogens is 126 g/mol.